The maximum absolute atomic E-state index is 11.7. The molecule has 19 heavy (non-hydrogen) atoms. The first-order valence-corrected chi connectivity index (χ1v) is 6.14. The molecule has 0 saturated heterocycles. The summed E-state index contributed by atoms with van der Waals surface area (Å²) in [5, 5.41) is 1.00. The number of nitrogens with zero attached hydrogens (tertiary/aromatic N) is 1. The first-order valence-electron chi connectivity index (χ1n) is 6.14. The van der Waals surface area contributed by atoms with Crippen LogP contribution in [0.3, 0.4) is 0 Å². The average Bonchev–Trinajstić information content (AvgIpc) is 2.34. The van der Waals surface area contributed by atoms with Crippen molar-refractivity contribution >= 4 is 12.2 Å². The van der Waals surface area contributed by atoms with E-state index in [0.717, 1.165) is 10.6 Å². The van der Waals surface area contributed by atoms with Gasteiger partial charge in [0.15, 0.2) is 0 Å². The van der Waals surface area contributed by atoms with Crippen LogP contribution in [0.1, 0.15) is 33.3 Å². The van der Waals surface area contributed by atoms with Crippen molar-refractivity contribution in [2.45, 2.75) is 33.3 Å². The average molecular weight is 261 g/mol. The van der Waals surface area contributed by atoms with Gasteiger partial charge in [0.05, 0.1) is 0 Å². The SMILES string of the molecule is C[C](/C=C/c1ccccc1)N(N)C(=O)OC(C)(C)C. The summed E-state index contributed by atoms with van der Waals surface area (Å²) in [7, 11) is 0. The van der Waals surface area contributed by atoms with Gasteiger partial charge in [-0.1, -0.05) is 42.5 Å². The second kappa shape index (κ2) is 6.38. The van der Waals surface area contributed by atoms with Gasteiger partial charge in [0.1, 0.15) is 11.6 Å². The smallest absolute Gasteiger partial charge is 0.425 e. The van der Waals surface area contributed by atoms with Crippen LogP contribution in [0.25, 0.3) is 6.08 Å². The topological polar surface area (TPSA) is 55.6 Å². The van der Waals surface area contributed by atoms with Gasteiger partial charge in [-0.25, -0.2) is 15.6 Å². The molecule has 0 aliphatic heterocycles. The van der Waals surface area contributed by atoms with Gasteiger partial charge in [0.2, 0.25) is 0 Å². The van der Waals surface area contributed by atoms with E-state index >= 15 is 0 Å². The Morgan fingerprint density at radius 2 is 1.84 bits per heavy atom. The van der Waals surface area contributed by atoms with Crippen LogP contribution in [0.15, 0.2) is 36.4 Å². The van der Waals surface area contributed by atoms with Crippen molar-refractivity contribution in [2.24, 2.45) is 5.84 Å². The van der Waals surface area contributed by atoms with E-state index in [4.69, 9.17) is 10.6 Å². The molecule has 103 valence electrons. The van der Waals surface area contributed by atoms with Crippen molar-refractivity contribution in [3.63, 3.8) is 0 Å². The monoisotopic (exact) mass is 261 g/mol. The van der Waals surface area contributed by atoms with Crippen molar-refractivity contribution in [3.8, 4) is 0 Å². The molecule has 0 saturated carbocycles. The Labute approximate surface area is 114 Å². The lowest BCUT2D eigenvalue weighted by molar-refractivity contribution is 0.0280. The Bertz CT molecular complexity index is 435. The number of hydrazine groups is 1. The molecule has 1 radical (unpaired) electrons. The van der Waals surface area contributed by atoms with Gasteiger partial charge in [-0.2, -0.15) is 0 Å². The van der Waals surface area contributed by atoms with Gasteiger partial charge in [0, 0.05) is 0 Å². The van der Waals surface area contributed by atoms with E-state index in [9.17, 15) is 4.79 Å². The molecule has 0 heterocycles. The summed E-state index contributed by atoms with van der Waals surface area (Å²) in [4.78, 5) is 11.7. The van der Waals surface area contributed by atoms with Crippen LogP contribution >= 0.6 is 0 Å². The number of carbonyl (C=O) groups excluding carboxylic acids is 1. The maximum Gasteiger partial charge on any atom is 0.425 e. The van der Waals surface area contributed by atoms with Gasteiger partial charge >= 0.3 is 6.09 Å². The highest BCUT2D eigenvalue weighted by atomic mass is 16.6. The molecule has 1 amide bonds. The molecule has 4 nitrogen and oxygen atoms in total. The Hall–Kier alpha value is -1.81. The minimum Gasteiger partial charge on any atom is -0.443 e. The number of rotatable bonds is 3. The third-order valence-electron chi connectivity index (χ3n) is 2.29. The zero-order valence-electron chi connectivity index (χ0n) is 11.9. The zero-order valence-corrected chi connectivity index (χ0v) is 11.9. The van der Waals surface area contributed by atoms with Crippen LogP contribution in [-0.2, 0) is 4.74 Å². The highest BCUT2D eigenvalue weighted by Gasteiger charge is 2.22. The fourth-order valence-corrected chi connectivity index (χ4v) is 1.32. The quantitative estimate of drug-likeness (QED) is 0.515. The first kappa shape index (κ1) is 15.2. The third kappa shape index (κ3) is 5.57. The highest BCUT2D eigenvalue weighted by molar-refractivity contribution is 5.70. The van der Waals surface area contributed by atoms with E-state index in [1.165, 1.54) is 0 Å². The summed E-state index contributed by atoms with van der Waals surface area (Å²) < 4.78 is 5.18. The maximum atomic E-state index is 11.7. The van der Waals surface area contributed by atoms with Gasteiger partial charge < -0.3 is 4.74 Å². The van der Waals surface area contributed by atoms with Crippen molar-refractivity contribution in [2.75, 3.05) is 0 Å². The lowest BCUT2D eigenvalue weighted by Gasteiger charge is -2.26. The number of nitrogens with two attached hydrogens (primary N) is 1. The molecule has 0 fully saturated rings. The number of benzene rings is 1. The second-order valence-corrected chi connectivity index (χ2v) is 5.24. The van der Waals surface area contributed by atoms with Crippen molar-refractivity contribution in [1.82, 2.24) is 5.01 Å². The Morgan fingerprint density at radius 3 is 2.37 bits per heavy atom. The molecule has 0 spiro atoms. The standard InChI is InChI=1S/C15H21N2O2/c1-12(10-11-13-8-6-5-7-9-13)17(16)14(18)19-15(2,3)4/h5-11H,16H2,1-4H3/b11-10+. The molecule has 2 N–H and O–H groups in total. The van der Waals surface area contributed by atoms with Crippen LogP contribution in [0.2, 0.25) is 0 Å². The molecule has 0 bridgehead atoms. The Balaban J connectivity index is 2.60. The lowest BCUT2D eigenvalue weighted by Crippen LogP contribution is -2.42. The van der Waals surface area contributed by atoms with E-state index in [1.807, 2.05) is 36.4 Å². The van der Waals surface area contributed by atoms with Gasteiger partial charge in [0.25, 0.3) is 0 Å². The largest absolute Gasteiger partial charge is 0.443 e. The van der Waals surface area contributed by atoms with Gasteiger partial charge in [-0.05, 0) is 33.3 Å². The third-order valence-corrected chi connectivity index (χ3v) is 2.29. The number of hydrogen-bond donors (Lipinski definition) is 1. The van der Waals surface area contributed by atoms with Crippen molar-refractivity contribution in [3.05, 3.63) is 48.0 Å². The van der Waals surface area contributed by atoms with E-state index in [0.29, 0.717) is 6.04 Å². The van der Waals surface area contributed by atoms with Crippen LogP contribution in [0.4, 0.5) is 4.79 Å². The molecular weight excluding hydrogens is 240 g/mol. The molecule has 0 aliphatic rings. The van der Waals surface area contributed by atoms with Gasteiger partial charge in [-0.3, -0.25) is 0 Å². The Morgan fingerprint density at radius 1 is 1.26 bits per heavy atom. The predicted molar refractivity (Wildman–Crippen MR) is 76.7 cm³/mol. The summed E-state index contributed by atoms with van der Waals surface area (Å²) >= 11 is 0. The van der Waals surface area contributed by atoms with Crippen molar-refractivity contribution < 1.29 is 9.53 Å². The number of hydrogen-bond acceptors (Lipinski definition) is 3. The molecular formula is C15H21N2O2. The van der Waals surface area contributed by atoms with Crippen LogP contribution in [-0.4, -0.2) is 16.7 Å². The molecule has 0 unspecified atom stereocenters. The summed E-state index contributed by atoms with van der Waals surface area (Å²) in [5.74, 6) is 5.70. The van der Waals surface area contributed by atoms with E-state index < -0.39 is 11.7 Å². The minimum atomic E-state index is -0.567. The molecule has 4 heteroatoms. The molecule has 1 aromatic carbocycles. The summed E-state index contributed by atoms with van der Waals surface area (Å²) in [5.41, 5.74) is 0.484. The zero-order chi connectivity index (χ0) is 14.5. The van der Waals surface area contributed by atoms with Crippen LogP contribution in [0, 0.1) is 6.04 Å². The lowest BCUT2D eigenvalue weighted by atomic mass is 10.2. The number of amides is 1. The summed E-state index contributed by atoms with van der Waals surface area (Å²) in [6.07, 6.45) is 3.10. The van der Waals surface area contributed by atoms with Crippen LogP contribution in [0.5, 0.6) is 0 Å². The normalized spacial score (nSPS) is 11.9. The molecule has 0 atom stereocenters. The Kier molecular flexibility index (Phi) is 5.12. The fourth-order valence-electron chi connectivity index (χ4n) is 1.32. The second-order valence-electron chi connectivity index (χ2n) is 5.24. The molecule has 1 rings (SSSR count). The fraction of sp³-hybridized carbons (Fsp3) is 0.333. The summed E-state index contributed by atoms with van der Waals surface area (Å²) in [6, 6.07) is 10.4. The van der Waals surface area contributed by atoms with E-state index in [2.05, 4.69) is 0 Å². The predicted octanol–water partition coefficient (Wildman–Crippen LogP) is 3.36. The number of ether oxygens (including phenoxy) is 1. The highest BCUT2D eigenvalue weighted by Crippen LogP contribution is 2.14. The van der Waals surface area contributed by atoms with Gasteiger partial charge in [-0.15, -0.1) is 0 Å². The first-order chi connectivity index (χ1) is 8.79. The molecule has 0 aromatic heterocycles. The molecule has 1 aromatic rings. The van der Waals surface area contributed by atoms with E-state index in [1.54, 1.807) is 33.8 Å². The van der Waals surface area contributed by atoms with Crippen molar-refractivity contribution in [1.29, 1.82) is 0 Å². The minimum absolute atomic E-state index is 0.557. The summed E-state index contributed by atoms with van der Waals surface area (Å²) in [6.45, 7) is 7.15. The molecule has 0 aliphatic carbocycles. The number of carbonyl (C=O) groups is 1. The van der Waals surface area contributed by atoms with Crippen LogP contribution < -0.4 is 5.84 Å². The van der Waals surface area contributed by atoms with E-state index in [-0.39, 0.29) is 0 Å².